The molecule has 2 rings (SSSR count). The fraction of sp³-hybridized carbons (Fsp3) is 1.00. The molecule has 0 aromatic rings. The van der Waals surface area contributed by atoms with Gasteiger partial charge in [-0.25, -0.2) is 8.37 Å². The first-order chi connectivity index (χ1) is 6.53. The Hall–Kier alpha value is -0.170. The lowest BCUT2D eigenvalue weighted by molar-refractivity contribution is 0.109. The van der Waals surface area contributed by atoms with E-state index < -0.39 is 10.4 Å². The summed E-state index contributed by atoms with van der Waals surface area (Å²) in [4.78, 5) is 0. The second-order valence-electron chi connectivity index (χ2n) is 3.91. The van der Waals surface area contributed by atoms with Crippen LogP contribution in [0, 0.1) is 11.8 Å². The van der Waals surface area contributed by atoms with Gasteiger partial charge in [-0.2, -0.15) is 8.42 Å². The van der Waals surface area contributed by atoms with Crippen molar-refractivity contribution in [3.63, 3.8) is 0 Å². The Morgan fingerprint density at radius 3 is 2.71 bits per heavy atom. The summed E-state index contributed by atoms with van der Waals surface area (Å²) in [6, 6.07) is 0. The molecule has 4 atom stereocenters. The Bertz CT molecular complexity index is 312. The molecular formula is C8H14O5S. The van der Waals surface area contributed by atoms with Crippen LogP contribution in [0.25, 0.3) is 0 Å². The van der Waals surface area contributed by atoms with Gasteiger partial charge in [0, 0.05) is 13.7 Å². The summed E-state index contributed by atoms with van der Waals surface area (Å²) in [5.74, 6) is 0.489. The normalized spacial score (nSPS) is 45.3. The molecule has 5 nitrogen and oxygen atoms in total. The Balaban J connectivity index is 2.07. The first-order valence-electron chi connectivity index (χ1n) is 4.64. The third kappa shape index (κ3) is 1.67. The number of rotatable bonds is 2. The van der Waals surface area contributed by atoms with E-state index in [4.69, 9.17) is 13.1 Å². The van der Waals surface area contributed by atoms with E-state index in [9.17, 15) is 8.42 Å². The van der Waals surface area contributed by atoms with Gasteiger partial charge in [-0.15, -0.1) is 0 Å². The van der Waals surface area contributed by atoms with Crippen molar-refractivity contribution in [1.29, 1.82) is 0 Å². The Kier molecular flexibility index (Phi) is 2.55. The Labute approximate surface area is 83.7 Å². The Morgan fingerprint density at radius 2 is 2.14 bits per heavy atom. The van der Waals surface area contributed by atoms with Crippen molar-refractivity contribution in [2.24, 2.45) is 11.8 Å². The molecule has 1 aliphatic carbocycles. The summed E-state index contributed by atoms with van der Waals surface area (Å²) in [5.41, 5.74) is 0. The molecule has 1 saturated heterocycles. The number of methoxy groups -OCH3 is 1. The maximum absolute atomic E-state index is 11.0. The van der Waals surface area contributed by atoms with Crippen LogP contribution in [0.15, 0.2) is 0 Å². The van der Waals surface area contributed by atoms with Crippen molar-refractivity contribution in [1.82, 2.24) is 0 Å². The third-order valence-corrected chi connectivity index (χ3v) is 3.96. The van der Waals surface area contributed by atoms with Crippen molar-refractivity contribution in [3.8, 4) is 0 Å². The smallest absolute Gasteiger partial charge is 0.384 e. The van der Waals surface area contributed by atoms with E-state index in [2.05, 4.69) is 0 Å². The number of hydrogen-bond donors (Lipinski definition) is 0. The van der Waals surface area contributed by atoms with Crippen molar-refractivity contribution in [2.45, 2.75) is 25.6 Å². The van der Waals surface area contributed by atoms with Crippen LogP contribution in [0.3, 0.4) is 0 Å². The van der Waals surface area contributed by atoms with E-state index in [1.807, 2.05) is 6.92 Å². The van der Waals surface area contributed by atoms with Crippen LogP contribution >= 0.6 is 0 Å². The third-order valence-electron chi connectivity index (χ3n) is 3.01. The molecule has 0 bridgehead atoms. The zero-order valence-electron chi connectivity index (χ0n) is 8.17. The monoisotopic (exact) mass is 222 g/mol. The molecule has 14 heavy (non-hydrogen) atoms. The van der Waals surface area contributed by atoms with Crippen LogP contribution in [0.4, 0.5) is 0 Å². The van der Waals surface area contributed by atoms with Crippen LogP contribution < -0.4 is 0 Å². The van der Waals surface area contributed by atoms with Gasteiger partial charge >= 0.3 is 10.4 Å². The van der Waals surface area contributed by atoms with E-state index in [1.54, 1.807) is 7.11 Å². The molecule has 1 saturated carbocycles. The summed E-state index contributed by atoms with van der Waals surface area (Å²) in [7, 11) is -2.08. The van der Waals surface area contributed by atoms with Crippen LogP contribution in [-0.4, -0.2) is 34.3 Å². The summed E-state index contributed by atoms with van der Waals surface area (Å²) < 4.78 is 36.7. The van der Waals surface area contributed by atoms with Crippen molar-refractivity contribution < 1.29 is 21.5 Å². The summed E-state index contributed by atoms with van der Waals surface area (Å²) in [6.07, 6.45) is 0.0640. The van der Waals surface area contributed by atoms with Crippen molar-refractivity contribution in [3.05, 3.63) is 0 Å². The predicted molar refractivity (Wildman–Crippen MR) is 47.8 cm³/mol. The Morgan fingerprint density at radius 1 is 1.43 bits per heavy atom. The minimum Gasteiger partial charge on any atom is -0.384 e. The van der Waals surface area contributed by atoms with E-state index in [-0.39, 0.29) is 18.1 Å². The average Bonchev–Trinajstić information content (AvgIpc) is 2.50. The zero-order chi connectivity index (χ0) is 10.3. The van der Waals surface area contributed by atoms with Crippen LogP contribution in [0.1, 0.15) is 13.3 Å². The van der Waals surface area contributed by atoms with Gasteiger partial charge in [0.1, 0.15) is 12.2 Å². The molecule has 0 spiro atoms. The fourth-order valence-corrected chi connectivity index (χ4v) is 3.35. The van der Waals surface area contributed by atoms with E-state index in [0.29, 0.717) is 18.9 Å². The molecule has 0 N–H and O–H groups in total. The molecule has 2 aliphatic rings. The first-order valence-corrected chi connectivity index (χ1v) is 5.97. The van der Waals surface area contributed by atoms with Gasteiger partial charge < -0.3 is 4.74 Å². The van der Waals surface area contributed by atoms with Gasteiger partial charge in [0.25, 0.3) is 0 Å². The summed E-state index contributed by atoms with van der Waals surface area (Å²) in [5, 5.41) is 0. The standard InChI is InChI=1S/C8H14O5S/c1-5-6(4-11-2)3-7-8(5)13-14(9,10)12-7/h5-8H,3-4H2,1-2H3/t5?,6-,7-,8-/m0/s1. The molecule has 1 aliphatic heterocycles. The van der Waals surface area contributed by atoms with Crippen LogP contribution in [0.2, 0.25) is 0 Å². The molecule has 0 aromatic carbocycles. The number of hydrogen-bond acceptors (Lipinski definition) is 5. The molecule has 82 valence electrons. The molecule has 6 heteroatoms. The fourth-order valence-electron chi connectivity index (χ4n) is 2.24. The average molecular weight is 222 g/mol. The predicted octanol–water partition coefficient (Wildman–Crippen LogP) is 0.318. The minimum absolute atomic E-state index is 0.164. The first kappa shape index (κ1) is 10.4. The second kappa shape index (κ2) is 3.44. The van der Waals surface area contributed by atoms with Gasteiger partial charge in [0.15, 0.2) is 0 Å². The molecule has 2 fully saturated rings. The molecular weight excluding hydrogens is 208 g/mol. The molecule has 0 aromatic heterocycles. The highest BCUT2D eigenvalue weighted by molar-refractivity contribution is 7.82. The van der Waals surface area contributed by atoms with Crippen LogP contribution in [0.5, 0.6) is 0 Å². The molecule has 0 radical (unpaired) electrons. The highest BCUT2D eigenvalue weighted by atomic mass is 32.3. The highest BCUT2D eigenvalue weighted by Gasteiger charge is 2.51. The lowest BCUT2D eigenvalue weighted by atomic mass is 9.98. The largest absolute Gasteiger partial charge is 0.400 e. The SMILES string of the molecule is COC[C@@H]1C[C@@H]2OS(=O)(=O)O[C@H]2C1C. The highest BCUT2D eigenvalue weighted by Crippen LogP contribution is 2.41. The lowest BCUT2D eigenvalue weighted by Crippen LogP contribution is -2.22. The van der Waals surface area contributed by atoms with Crippen molar-refractivity contribution >= 4 is 10.4 Å². The zero-order valence-corrected chi connectivity index (χ0v) is 8.99. The van der Waals surface area contributed by atoms with Gasteiger partial charge in [-0.3, -0.25) is 0 Å². The lowest BCUT2D eigenvalue weighted by Gasteiger charge is -2.16. The molecule has 1 heterocycles. The topological polar surface area (TPSA) is 61.8 Å². The van der Waals surface area contributed by atoms with Gasteiger partial charge in [0.05, 0.1) is 0 Å². The van der Waals surface area contributed by atoms with Gasteiger partial charge in [-0.05, 0) is 18.3 Å². The summed E-state index contributed by atoms with van der Waals surface area (Å²) in [6.45, 7) is 2.60. The summed E-state index contributed by atoms with van der Waals surface area (Å²) >= 11 is 0. The second-order valence-corrected chi connectivity index (χ2v) is 5.12. The maximum Gasteiger partial charge on any atom is 0.400 e. The van der Waals surface area contributed by atoms with E-state index in [0.717, 1.165) is 0 Å². The number of fused-ring (bicyclic) bond motifs is 1. The number of ether oxygens (including phenoxy) is 1. The quantitative estimate of drug-likeness (QED) is 0.673. The van der Waals surface area contributed by atoms with E-state index >= 15 is 0 Å². The van der Waals surface area contributed by atoms with Gasteiger partial charge in [0.2, 0.25) is 0 Å². The minimum atomic E-state index is -3.72. The molecule has 1 unspecified atom stereocenters. The van der Waals surface area contributed by atoms with E-state index in [1.165, 1.54) is 0 Å². The van der Waals surface area contributed by atoms with Crippen molar-refractivity contribution in [2.75, 3.05) is 13.7 Å². The van der Waals surface area contributed by atoms with Crippen LogP contribution in [-0.2, 0) is 23.5 Å². The maximum atomic E-state index is 11.0. The van der Waals surface area contributed by atoms with Gasteiger partial charge in [-0.1, -0.05) is 6.92 Å². The molecule has 0 amide bonds.